The van der Waals surface area contributed by atoms with Gasteiger partial charge in [-0.3, -0.25) is 9.36 Å². The molecular weight excluding hydrogens is 513 g/mol. The van der Waals surface area contributed by atoms with Gasteiger partial charge < -0.3 is 14.5 Å². The molecule has 0 amide bonds. The van der Waals surface area contributed by atoms with E-state index in [1.807, 2.05) is 0 Å². The molecule has 4 heterocycles. The van der Waals surface area contributed by atoms with Crippen molar-refractivity contribution in [3.63, 3.8) is 0 Å². The monoisotopic (exact) mass is 524 g/mol. The Bertz CT molecular complexity index is 1280. The number of aromatic nitrogens is 6. The van der Waals surface area contributed by atoms with E-state index in [1.165, 1.54) is 26.0 Å². The average Bonchev–Trinajstić information content (AvgIpc) is 2.73. The first kappa shape index (κ1) is 25.0. The predicted molar refractivity (Wildman–Crippen MR) is 121 cm³/mol. The zero-order valence-corrected chi connectivity index (χ0v) is 19.7. The second-order valence-electron chi connectivity index (χ2n) is 5.28. The molecule has 0 aliphatic carbocycles. The summed E-state index contributed by atoms with van der Waals surface area (Å²) < 4.78 is 19.3. The van der Waals surface area contributed by atoms with Crippen molar-refractivity contribution in [2.24, 2.45) is 0 Å². The van der Waals surface area contributed by atoms with E-state index >= 15 is 0 Å². The van der Waals surface area contributed by atoms with Crippen LogP contribution in [0.3, 0.4) is 0 Å². The van der Waals surface area contributed by atoms with Gasteiger partial charge >= 0.3 is 5.20 Å². The summed E-state index contributed by atoms with van der Waals surface area (Å²) in [4.78, 5) is 33.5. The Morgan fingerprint density at radius 2 is 1.39 bits per heavy atom. The van der Waals surface area contributed by atoms with Gasteiger partial charge in [0.25, 0.3) is 5.56 Å². The number of nitrogens with zero attached hydrogens (tertiary/aromatic N) is 5. The summed E-state index contributed by atoms with van der Waals surface area (Å²) in [6.45, 7) is 0. The summed E-state index contributed by atoms with van der Waals surface area (Å²) in [6.07, 6.45) is 5.85. The maximum absolute atomic E-state index is 11.3. The lowest BCUT2D eigenvalue weighted by atomic mass is 10.3. The lowest BCUT2D eigenvalue weighted by Crippen LogP contribution is -2.06. The molecule has 4 aromatic rings. The number of pyridine rings is 2. The summed E-state index contributed by atoms with van der Waals surface area (Å²) in [5.41, 5.74) is 1.08. The van der Waals surface area contributed by atoms with Crippen LogP contribution in [0.4, 0.5) is 0 Å². The number of hydrogen-bond acceptors (Lipinski definition) is 9. The van der Waals surface area contributed by atoms with Gasteiger partial charge in [-0.05, 0) is 33.7 Å². The van der Waals surface area contributed by atoms with Gasteiger partial charge in [0.15, 0.2) is 0 Å². The van der Waals surface area contributed by atoms with Gasteiger partial charge in [0.1, 0.15) is 11.5 Å². The summed E-state index contributed by atoms with van der Waals surface area (Å²) in [6, 6.07) is 3.26. The highest BCUT2D eigenvalue weighted by Gasteiger charge is 2.04. The fraction of sp³-hybridized carbons (Fsp3) is 0.125. The largest absolute Gasteiger partial charge is 0.481 e. The summed E-state index contributed by atoms with van der Waals surface area (Å²) >= 11 is 19.7. The molecular formula is C16H13Cl4N6O4P. The number of aromatic amines is 1. The Kier molecular flexibility index (Phi) is 9.21. The van der Waals surface area contributed by atoms with E-state index < -0.39 is 5.20 Å². The van der Waals surface area contributed by atoms with E-state index in [2.05, 4.69) is 63.6 Å². The minimum absolute atomic E-state index is 0.189. The summed E-state index contributed by atoms with van der Waals surface area (Å²) in [5, 5.41) is -1.59. The van der Waals surface area contributed by atoms with Crippen LogP contribution in [0.15, 0.2) is 42.0 Å². The van der Waals surface area contributed by atoms with Crippen molar-refractivity contribution in [2.75, 3.05) is 14.2 Å². The van der Waals surface area contributed by atoms with Gasteiger partial charge in [-0.1, -0.05) is 11.6 Å². The Morgan fingerprint density at radius 1 is 0.871 bits per heavy atom. The van der Waals surface area contributed by atoms with E-state index in [0.717, 1.165) is 5.39 Å². The molecule has 0 unspecified atom stereocenters. The quantitative estimate of drug-likeness (QED) is 0.288. The molecule has 0 aliphatic heterocycles. The molecule has 0 spiro atoms. The third kappa shape index (κ3) is 8.08. The number of ether oxygens (including phenoxy) is 2. The lowest BCUT2D eigenvalue weighted by Gasteiger charge is -2.00. The summed E-state index contributed by atoms with van der Waals surface area (Å²) in [5.74, 6) is 0.912. The Morgan fingerprint density at radius 3 is 1.94 bits per heavy atom. The molecule has 10 nitrogen and oxygen atoms in total. The van der Waals surface area contributed by atoms with Gasteiger partial charge in [-0.25, -0.2) is 24.9 Å². The normalized spacial score (nSPS) is 10.5. The topological polar surface area (TPSA) is 133 Å². The van der Waals surface area contributed by atoms with E-state index in [4.69, 9.17) is 21.1 Å². The number of methoxy groups -OCH3 is 2. The van der Waals surface area contributed by atoms with Gasteiger partial charge in [0.2, 0.25) is 11.8 Å². The standard InChI is InChI=1S/C8H6ClN3O.C8H7N3O2.Cl3OP/c1-13-7-2-5-6(3-10-7)11-4-12-8(5)9;1-13-7-2-5-6(3-9-7)10-4-11-8(5)12;1-5(2,3)4/h2-4H,1H3;2-4H,1H3,(H,10,11,12);. The van der Waals surface area contributed by atoms with E-state index in [1.54, 1.807) is 25.4 Å². The number of hydrogen-bond donors (Lipinski definition) is 1. The van der Waals surface area contributed by atoms with E-state index in [0.29, 0.717) is 33.3 Å². The highest BCUT2D eigenvalue weighted by molar-refractivity contribution is 8.24. The molecule has 15 heteroatoms. The van der Waals surface area contributed by atoms with Crippen LogP contribution in [0.5, 0.6) is 11.8 Å². The molecule has 0 aromatic carbocycles. The van der Waals surface area contributed by atoms with Crippen LogP contribution in [0.2, 0.25) is 5.15 Å². The summed E-state index contributed by atoms with van der Waals surface area (Å²) in [7, 11) is 3.05. The van der Waals surface area contributed by atoms with Crippen LogP contribution in [-0.2, 0) is 4.57 Å². The van der Waals surface area contributed by atoms with Crippen LogP contribution in [-0.4, -0.2) is 44.1 Å². The highest BCUT2D eigenvalue weighted by atomic mass is 36.0. The van der Waals surface area contributed by atoms with E-state index in [9.17, 15) is 9.36 Å². The minimum Gasteiger partial charge on any atom is -0.481 e. The van der Waals surface area contributed by atoms with Gasteiger partial charge in [0.05, 0.1) is 49.4 Å². The molecule has 0 radical (unpaired) electrons. The van der Waals surface area contributed by atoms with Crippen molar-refractivity contribution in [3.8, 4) is 11.8 Å². The number of H-pyrrole nitrogens is 1. The smallest absolute Gasteiger partial charge is 0.339 e. The first-order chi connectivity index (χ1) is 14.6. The second kappa shape index (κ2) is 11.4. The van der Waals surface area contributed by atoms with Gasteiger partial charge in [-0.15, -0.1) is 0 Å². The first-order valence-electron chi connectivity index (χ1n) is 7.99. The molecule has 164 valence electrons. The van der Waals surface area contributed by atoms with Crippen molar-refractivity contribution in [1.29, 1.82) is 0 Å². The first-order valence-corrected chi connectivity index (χ1v) is 12.8. The van der Waals surface area contributed by atoms with Crippen molar-refractivity contribution in [1.82, 2.24) is 29.9 Å². The van der Waals surface area contributed by atoms with Crippen LogP contribution >= 0.6 is 50.5 Å². The van der Waals surface area contributed by atoms with Crippen molar-refractivity contribution in [3.05, 3.63) is 52.7 Å². The molecule has 0 bridgehead atoms. The van der Waals surface area contributed by atoms with Crippen LogP contribution < -0.4 is 15.0 Å². The van der Waals surface area contributed by atoms with Crippen molar-refractivity contribution in [2.45, 2.75) is 0 Å². The molecule has 0 fully saturated rings. The maximum Gasteiger partial charge on any atom is 0.339 e. The van der Waals surface area contributed by atoms with E-state index in [-0.39, 0.29) is 5.56 Å². The van der Waals surface area contributed by atoms with Gasteiger partial charge in [0, 0.05) is 17.5 Å². The third-order valence-electron chi connectivity index (χ3n) is 3.37. The molecule has 31 heavy (non-hydrogen) atoms. The highest BCUT2D eigenvalue weighted by Crippen LogP contribution is 2.61. The molecule has 0 saturated carbocycles. The minimum atomic E-state index is -3.22. The molecule has 0 aliphatic rings. The van der Waals surface area contributed by atoms with Crippen molar-refractivity contribution < 1.29 is 14.0 Å². The zero-order valence-electron chi connectivity index (χ0n) is 15.8. The Hall–Kier alpha value is -2.23. The fourth-order valence-corrected chi connectivity index (χ4v) is 2.28. The lowest BCUT2D eigenvalue weighted by molar-refractivity contribution is 0.398. The number of rotatable bonds is 2. The predicted octanol–water partition coefficient (Wildman–Crippen LogP) is 4.82. The van der Waals surface area contributed by atoms with Gasteiger partial charge in [-0.2, -0.15) is 0 Å². The van der Waals surface area contributed by atoms with Crippen LogP contribution in [0, 0.1) is 0 Å². The Labute approximate surface area is 194 Å². The second-order valence-corrected chi connectivity index (χ2v) is 12.3. The molecule has 1 N–H and O–H groups in total. The number of halogens is 4. The zero-order chi connectivity index (χ0) is 23.0. The molecule has 0 saturated heterocycles. The van der Waals surface area contributed by atoms with Crippen LogP contribution in [0.1, 0.15) is 0 Å². The average molecular weight is 526 g/mol. The molecule has 4 rings (SSSR count). The SMILES string of the molecule is COc1cc2c(=O)[nH]cnc2cn1.COc1cc2c(Cl)ncnc2cn1.O=P(Cl)(Cl)Cl. The van der Waals surface area contributed by atoms with Crippen LogP contribution in [0.25, 0.3) is 21.8 Å². The Balaban J connectivity index is 0.000000182. The number of fused-ring (bicyclic) bond motifs is 2. The van der Waals surface area contributed by atoms with Crippen molar-refractivity contribution >= 4 is 72.3 Å². The molecule has 4 aromatic heterocycles. The fourth-order valence-electron chi connectivity index (χ4n) is 2.08. The third-order valence-corrected chi connectivity index (χ3v) is 3.67. The number of nitrogens with one attached hydrogen (secondary N) is 1. The maximum atomic E-state index is 11.3. The molecule has 0 atom stereocenters.